The number of carbonyl (C=O) groups excluding carboxylic acids is 2. The number of hydrogen-bond donors (Lipinski definition) is 0. The van der Waals surface area contributed by atoms with Crippen molar-refractivity contribution in [1.29, 1.82) is 0 Å². The van der Waals surface area contributed by atoms with E-state index in [1.165, 1.54) is 6.92 Å². The second-order valence-corrected chi connectivity index (χ2v) is 8.71. The number of ether oxygens (including phenoxy) is 2. The summed E-state index contributed by atoms with van der Waals surface area (Å²) in [5.74, 6) is 0.490. The van der Waals surface area contributed by atoms with E-state index >= 15 is 0 Å². The number of hydrogen-bond acceptors (Lipinski definition) is 6. The maximum atomic E-state index is 12.3. The third-order valence-electron chi connectivity index (χ3n) is 4.06. The van der Waals surface area contributed by atoms with Gasteiger partial charge in [0.25, 0.3) is 0 Å². The maximum absolute atomic E-state index is 12.3. The molecule has 7 heteroatoms. The van der Waals surface area contributed by atoms with Crippen LogP contribution in [-0.4, -0.2) is 42.2 Å². The molecule has 0 bridgehead atoms. The van der Waals surface area contributed by atoms with E-state index < -0.39 is 5.60 Å². The third kappa shape index (κ3) is 6.65. The minimum absolute atomic E-state index is 0.258. The van der Waals surface area contributed by atoms with Crippen molar-refractivity contribution in [3.8, 4) is 0 Å². The summed E-state index contributed by atoms with van der Waals surface area (Å²) in [5.41, 5.74) is 0.825. The van der Waals surface area contributed by atoms with Gasteiger partial charge in [0.15, 0.2) is 0 Å². The van der Waals surface area contributed by atoms with Crippen molar-refractivity contribution in [2.24, 2.45) is 5.92 Å². The molecule has 0 amide bonds. The fourth-order valence-electron chi connectivity index (χ4n) is 2.87. The Labute approximate surface area is 169 Å². The molecule has 1 atom stereocenters. The van der Waals surface area contributed by atoms with Gasteiger partial charge in [-0.2, -0.15) is 0 Å². The summed E-state index contributed by atoms with van der Waals surface area (Å²) in [4.78, 5) is 30.0. The lowest BCUT2D eigenvalue weighted by Gasteiger charge is -2.21. The number of carbonyl (C=O) groups is 2. The molecule has 1 fully saturated rings. The van der Waals surface area contributed by atoms with Crippen molar-refractivity contribution in [3.63, 3.8) is 0 Å². The van der Waals surface area contributed by atoms with E-state index in [9.17, 15) is 9.59 Å². The summed E-state index contributed by atoms with van der Waals surface area (Å²) in [5, 5.41) is 0. The van der Waals surface area contributed by atoms with Gasteiger partial charge in [-0.1, -0.05) is 0 Å². The fourth-order valence-corrected chi connectivity index (χ4v) is 3.21. The van der Waals surface area contributed by atoms with Gasteiger partial charge in [0.05, 0.1) is 6.61 Å². The largest absolute Gasteiger partial charge is 0.466 e. The van der Waals surface area contributed by atoms with Gasteiger partial charge in [-0.05, 0) is 62.2 Å². The van der Waals surface area contributed by atoms with Gasteiger partial charge in [-0.3, -0.25) is 4.79 Å². The molecule has 2 heterocycles. The molecule has 1 aliphatic heterocycles. The minimum atomic E-state index is -0.538. The third-order valence-corrected chi connectivity index (χ3v) is 4.50. The monoisotopic (exact) mass is 438 g/mol. The Balaban J connectivity index is 2.19. The van der Waals surface area contributed by atoms with Crippen molar-refractivity contribution in [3.05, 3.63) is 27.9 Å². The van der Waals surface area contributed by atoms with Crippen molar-refractivity contribution >= 4 is 39.8 Å². The molecule has 6 nitrogen and oxygen atoms in total. The normalized spacial score (nSPS) is 17.8. The summed E-state index contributed by atoms with van der Waals surface area (Å²) in [6, 6.07) is 1.94. The highest BCUT2D eigenvalue weighted by atomic mass is 79.9. The second kappa shape index (κ2) is 8.87. The highest BCUT2D eigenvalue weighted by Crippen LogP contribution is 2.29. The zero-order valence-corrected chi connectivity index (χ0v) is 18.1. The van der Waals surface area contributed by atoms with Crippen molar-refractivity contribution in [1.82, 2.24) is 4.98 Å². The van der Waals surface area contributed by atoms with Crippen LogP contribution in [-0.2, 0) is 19.1 Å². The highest BCUT2D eigenvalue weighted by Gasteiger charge is 2.26. The standard InChI is InChI=1S/C20H27BrN2O4/c1-13(19(25)27-20(3,4)5)8-16-9-17(21)10-22-18(16)23-7-6-15(11-23)12-26-14(2)24/h8-10,15H,6-7,11-12H2,1-5H3. The van der Waals surface area contributed by atoms with Crippen LogP contribution in [0.15, 0.2) is 22.3 Å². The topological polar surface area (TPSA) is 68.7 Å². The van der Waals surface area contributed by atoms with Crippen LogP contribution in [0, 0.1) is 5.92 Å². The van der Waals surface area contributed by atoms with E-state index in [0.29, 0.717) is 12.2 Å². The average Bonchev–Trinajstić information content (AvgIpc) is 3.00. The van der Waals surface area contributed by atoms with E-state index in [1.54, 1.807) is 19.2 Å². The average molecular weight is 439 g/mol. The van der Waals surface area contributed by atoms with E-state index in [-0.39, 0.29) is 17.9 Å². The number of esters is 2. The Bertz CT molecular complexity index is 740. The van der Waals surface area contributed by atoms with E-state index in [0.717, 1.165) is 35.4 Å². The van der Waals surface area contributed by atoms with Gasteiger partial charge < -0.3 is 14.4 Å². The molecule has 1 aromatic rings. The van der Waals surface area contributed by atoms with Crippen LogP contribution < -0.4 is 4.90 Å². The smallest absolute Gasteiger partial charge is 0.334 e. The maximum Gasteiger partial charge on any atom is 0.334 e. The lowest BCUT2D eigenvalue weighted by molar-refractivity contribution is -0.149. The minimum Gasteiger partial charge on any atom is -0.466 e. The summed E-state index contributed by atoms with van der Waals surface area (Å²) in [6.07, 6.45) is 4.48. The highest BCUT2D eigenvalue weighted by molar-refractivity contribution is 9.10. The van der Waals surface area contributed by atoms with Gasteiger partial charge in [-0.15, -0.1) is 0 Å². The number of pyridine rings is 1. The summed E-state index contributed by atoms with van der Waals surface area (Å²) < 4.78 is 11.4. The van der Waals surface area contributed by atoms with Crippen LogP contribution in [0.5, 0.6) is 0 Å². The Morgan fingerprint density at radius 3 is 2.70 bits per heavy atom. The first-order chi connectivity index (χ1) is 12.5. The van der Waals surface area contributed by atoms with Gasteiger partial charge >= 0.3 is 11.9 Å². The summed E-state index contributed by atoms with van der Waals surface area (Å²) >= 11 is 3.45. The number of rotatable bonds is 5. The second-order valence-electron chi connectivity index (χ2n) is 7.80. The molecule has 2 rings (SSSR count). The van der Waals surface area contributed by atoms with Crippen LogP contribution in [0.4, 0.5) is 5.82 Å². The Morgan fingerprint density at radius 2 is 2.07 bits per heavy atom. The van der Waals surface area contributed by atoms with Crippen LogP contribution in [0.3, 0.4) is 0 Å². The molecule has 0 radical (unpaired) electrons. The fraction of sp³-hybridized carbons (Fsp3) is 0.550. The predicted molar refractivity (Wildman–Crippen MR) is 108 cm³/mol. The molecule has 0 aliphatic carbocycles. The molecule has 0 N–H and O–H groups in total. The molecule has 0 spiro atoms. The van der Waals surface area contributed by atoms with Crippen LogP contribution in [0.25, 0.3) is 6.08 Å². The number of nitrogens with zero attached hydrogens (tertiary/aromatic N) is 2. The van der Waals surface area contributed by atoms with Gasteiger partial charge in [0.2, 0.25) is 0 Å². The van der Waals surface area contributed by atoms with Crippen molar-refractivity contribution < 1.29 is 19.1 Å². The molecular formula is C20H27BrN2O4. The van der Waals surface area contributed by atoms with Crippen molar-refractivity contribution in [2.75, 3.05) is 24.6 Å². The molecule has 1 unspecified atom stereocenters. The molecule has 1 aliphatic rings. The Morgan fingerprint density at radius 1 is 1.37 bits per heavy atom. The van der Waals surface area contributed by atoms with Gasteiger partial charge in [0.1, 0.15) is 11.4 Å². The predicted octanol–water partition coefficient (Wildman–Crippen LogP) is 3.98. The summed E-state index contributed by atoms with van der Waals surface area (Å²) in [7, 11) is 0. The van der Waals surface area contributed by atoms with Crippen LogP contribution >= 0.6 is 15.9 Å². The van der Waals surface area contributed by atoms with E-state index in [2.05, 4.69) is 25.8 Å². The first kappa shape index (κ1) is 21.4. The first-order valence-corrected chi connectivity index (χ1v) is 9.80. The molecule has 148 valence electrons. The molecular weight excluding hydrogens is 412 g/mol. The Hall–Kier alpha value is -1.89. The number of anilines is 1. The molecule has 0 aromatic carbocycles. The summed E-state index contributed by atoms with van der Waals surface area (Å²) in [6.45, 7) is 10.7. The molecule has 0 saturated carbocycles. The molecule has 27 heavy (non-hydrogen) atoms. The van der Waals surface area contributed by atoms with E-state index in [4.69, 9.17) is 9.47 Å². The zero-order chi connectivity index (χ0) is 20.2. The first-order valence-electron chi connectivity index (χ1n) is 9.00. The molecule has 1 saturated heterocycles. The number of aromatic nitrogens is 1. The van der Waals surface area contributed by atoms with Crippen LogP contribution in [0.1, 0.15) is 46.6 Å². The van der Waals surface area contributed by atoms with Crippen molar-refractivity contribution in [2.45, 2.75) is 46.6 Å². The Kier molecular flexibility index (Phi) is 7.03. The van der Waals surface area contributed by atoms with E-state index in [1.807, 2.05) is 26.8 Å². The lowest BCUT2D eigenvalue weighted by atomic mass is 10.1. The zero-order valence-electron chi connectivity index (χ0n) is 16.5. The quantitative estimate of drug-likeness (QED) is 0.511. The lowest BCUT2D eigenvalue weighted by Crippen LogP contribution is -2.25. The van der Waals surface area contributed by atoms with Gasteiger partial charge in [-0.25, -0.2) is 9.78 Å². The van der Waals surface area contributed by atoms with Gasteiger partial charge in [0, 0.05) is 47.7 Å². The van der Waals surface area contributed by atoms with Crippen LogP contribution in [0.2, 0.25) is 0 Å². The SMILES string of the molecule is CC(=O)OCC1CCN(c2ncc(Br)cc2C=C(C)C(=O)OC(C)(C)C)C1. The number of halogens is 1. The molecule has 1 aromatic heterocycles.